The highest BCUT2D eigenvalue weighted by atomic mass is 19.1. The van der Waals surface area contributed by atoms with Gasteiger partial charge < -0.3 is 5.32 Å². The number of hydrogen-bond acceptors (Lipinski definition) is 2. The molecule has 0 saturated carbocycles. The Balaban J connectivity index is 2.06. The Morgan fingerprint density at radius 3 is 3.00 bits per heavy atom. The Labute approximate surface area is 104 Å². The quantitative estimate of drug-likeness (QED) is 0.902. The van der Waals surface area contributed by atoms with Gasteiger partial charge in [0.05, 0.1) is 0 Å². The molecule has 0 radical (unpaired) electrons. The van der Waals surface area contributed by atoms with E-state index in [1.54, 1.807) is 23.0 Å². The fourth-order valence-electron chi connectivity index (χ4n) is 1.60. The van der Waals surface area contributed by atoms with Gasteiger partial charge >= 0.3 is 0 Å². The number of anilines is 1. The molecule has 0 atom stereocenters. The Morgan fingerprint density at radius 1 is 1.44 bits per heavy atom. The van der Waals surface area contributed by atoms with E-state index in [4.69, 9.17) is 0 Å². The standard InChI is InChI=1S/C13H14FN3O/c1-2-7-17-8-6-12(16-17)15-13(18)10-4-3-5-11(14)9-10/h3-6,8-9H,2,7H2,1H3,(H,15,16,18). The molecule has 1 aromatic carbocycles. The molecule has 1 heterocycles. The lowest BCUT2D eigenvalue weighted by Crippen LogP contribution is -2.13. The van der Waals surface area contributed by atoms with Crippen molar-refractivity contribution >= 4 is 11.7 Å². The first-order valence-electron chi connectivity index (χ1n) is 5.79. The lowest BCUT2D eigenvalue weighted by molar-refractivity contribution is 0.102. The molecule has 18 heavy (non-hydrogen) atoms. The second-order valence-corrected chi connectivity index (χ2v) is 3.93. The maximum atomic E-state index is 13.0. The summed E-state index contributed by atoms with van der Waals surface area (Å²) < 4.78 is 14.7. The first-order valence-corrected chi connectivity index (χ1v) is 5.79. The highest BCUT2D eigenvalue weighted by Gasteiger charge is 2.08. The third-order valence-electron chi connectivity index (χ3n) is 2.42. The van der Waals surface area contributed by atoms with Gasteiger partial charge in [0.15, 0.2) is 5.82 Å². The molecule has 1 amide bonds. The van der Waals surface area contributed by atoms with Gasteiger partial charge in [0.1, 0.15) is 5.82 Å². The first-order chi connectivity index (χ1) is 8.69. The number of carbonyl (C=O) groups is 1. The summed E-state index contributed by atoms with van der Waals surface area (Å²) in [5.74, 6) is -0.326. The van der Waals surface area contributed by atoms with Crippen molar-refractivity contribution in [2.24, 2.45) is 0 Å². The monoisotopic (exact) mass is 247 g/mol. The molecule has 0 bridgehead atoms. The van der Waals surface area contributed by atoms with Gasteiger partial charge in [-0.2, -0.15) is 5.10 Å². The maximum Gasteiger partial charge on any atom is 0.256 e. The number of aryl methyl sites for hydroxylation is 1. The average Bonchev–Trinajstić information content (AvgIpc) is 2.77. The van der Waals surface area contributed by atoms with E-state index in [-0.39, 0.29) is 11.5 Å². The van der Waals surface area contributed by atoms with Crippen molar-refractivity contribution in [2.75, 3.05) is 5.32 Å². The summed E-state index contributed by atoms with van der Waals surface area (Å²) in [4.78, 5) is 11.8. The molecular formula is C13H14FN3O. The Morgan fingerprint density at radius 2 is 2.28 bits per heavy atom. The van der Waals surface area contributed by atoms with Crippen molar-refractivity contribution < 1.29 is 9.18 Å². The molecule has 2 aromatic rings. The Hall–Kier alpha value is -2.17. The van der Waals surface area contributed by atoms with E-state index >= 15 is 0 Å². The van der Waals surface area contributed by atoms with Gasteiger partial charge in [0, 0.05) is 24.4 Å². The Kier molecular flexibility index (Phi) is 3.72. The predicted octanol–water partition coefficient (Wildman–Crippen LogP) is 2.68. The van der Waals surface area contributed by atoms with Crippen LogP contribution >= 0.6 is 0 Å². The summed E-state index contributed by atoms with van der Waals surface area (Å²) in [6, 6.07) is 7.26. The third kappa shape index (κ3) is 2.94. The molecule has 0 unspecified atom stereocenters. The smallest absolute Gasteiger partial charge is 0.256 e. The van der Waals surface area contributed by atoms with E-state index in [1.165, 1.54) is 18.2 Å². The van der Waals surface area contributed by atoms with Crippen LogP contribution in [-0.2, 0) is 6.54 Å². The molecule has 5 heteroatoms. The predicted molar refractivity (Wildman–Crippen MR) is 66.9 cm³/mol. The molecule has 0 fully saturated rings. The minimum absolute atomic E-state index is 0.278. The summed E-state index contributed by atoms with van der Waals surface area (Å²) in [7, 11) is 0. The van der Waals surface area contributed by atoms with Gasteiger partial charge in [-0.25, -0.2) is 4.39 Å². The summed E-state index contributed by atoms with van der Waals surface area (Å²) >= 11 is 0. The van der Waals surface area contributed by atoms with Crippen molar-refractivity contribution in [1.82, 2.24) is 9.78 Å². The summed E-state index contributed by atoms with van der Waals surface area (Å²) in [5.41, 5.74) is 0.278. The SMILES string of the molecule is CCCn1ccc(NC(=O)c2cccc(F)c2)n1. The fraction of sp³-hybridized carbons (Fsp3) is 0.231. The van der Waals surface area contributed by atoms with Crippen molar-refractivity contribution in [3.63, 3.8) is 0 Å². The molecule has 0 saturated heterocycles. The molecule has 1 aromatic heterocycles. The van der Waals surface area contributed by atoms with E-state index < -0.39 is 5.82 Å². The van der Waals surface area contributed by atoms with Crippen LogP contribution in [0.25, 0.3) is 0 Å². The van der Waals surface area contributed by atoms with E-state index in [1.807, 2.05) is 6.92 Å². The molecular weight excluding hydrogens is 233 g/mol. The van der Waals surface area contributed by atoms with Crippen LogP contribution in [0.3, 0.4) is 0 Å². The number of carbonyl (C=O) groups excluding carboxylic acids is 1. The van der Waals surface area contributed by atoms with Crippen LogP contribution in [0.2, 0.25) is 0 Å². The van der Waals surface area contributed by atoms with Crippen LogP contribution in [0.15, 0.2) is 36.5 Å². The van der Waals surface area contributed by atoms with Gasteiger partial charge in [-0.3, -0.25) is 9.48 Å². The molecule has 4 nitrogen and oxygen atoms in total. The van der Waals surface area contributed by atoms with Crippen LogP contribution < -0.4 is 5.32 Å². The second-order valence-electron chi connectivity index (χ2n) is 3.93. The van der Waals surface area contributed by atoms with Gasteiger partial charge in [0.25, 0.3) is 5.91 Å². The highest BCUT2D eigenvalue weighted by Crippen LogP contribution is 2.08. The number of amides is 1. The molecule has 94 valence electrons. The lowest BCUT2D eigenvalue weighted by atomic mass is 10.2. The molecule has 2 rings (SSSR count). The largest absolute Gasteiger partial charge is 0.305 e. The molecule has 0 spiro atoms. The minimum Gasteiger partial charge on any atom is -0.305 e. The van der Waals surface area contributed by atoms with Crippen LogP contribution in [0.1, 0.15) is 23.7 Å². The lowest BCUT2D eigenvalue weighted by Gasteiger charge is -2.02. The van der Waals surface area contributed by atoms with Crippen molar-refractivity contribution in [3.8, 4) is 0 Å². The number of aromatic nitrogens is 2. The minimum atomic E-state index is -0.431. The second kappa shape index (κ2) is 5.44. The van der Waals surface area contributed by atoms with E-state index in [2.05, 4.69) is 10.4 Å². The van der Waals surface area contributed by atoms with E-state index in [0.29, 0.717) is 5.82 Å². The molecule has 0 aliphatic heterocycles. The highest BCUT2D eigenvalue weighted by molar-refractivity contribution is 6.03. The summed E-state index contributed by atoms with van der Waals surface area (Å²) in [6.45, 7) is 2.85. The van der Waals surface area contributed by atoms with Crippen LogP contribution in [-0.4, -0.2) is 15.7 Å². The number of hydrogen-bond donors (Lipinski definition) is 1. The number of nitrogens with one attached hydrogen (secondary N) is 1. The van der Waals surface area contributed by atoms with Crippen LogP contribution in [0, 0.1) is 5.82 Å². The first kappa shape index (κ1) is 12.3. The Bertz CT molecular complexity index is 551. The zero-order valence-electron chi connectivity index (χ0n) is 10.1. The van der Waals surface area contributed by atoms with Crippen molar-refractivity contribution in [1.29, 1.82) is 0 Å². The van der Waals surface area contributed by atoms with E-state index in [0.717, 1.165) is 13.0 Å². The third-order valence-corrected chi connectivity index (χ3v) is 2.42. The van der Waals surface area contributed by atoms with Crippen molar-refractivity contribution in [2.45, 2.75) is 19.9 Å². The number of halogens is 1. The zero-order chi connectivity index (χ0) is 13.0. The maximum absolute atomic E-state index is 13.0. The van der Waals surface area contributed by atoms with Gasteiger partial charge in [-0.1, -0.05) is 13.0 Å². The fourth-order valence-corrected chi connectivity index (χ4v) is 1.60. The van der Waals surface area contributed by atoms with Gasteiger partial charge in [-0.15, -0.1) is 0 Å². The number of rotatable bonds is 4. The van der Waals surface area contributed by atoms with Crippen LogP contribution in [0.4, 0.5) is 10.2 Å². The average molecular weight is 247 g/mol. The summed E-state index contributed by atoms with van der Waals surface area (Å²) in [5, 5.41) is 6.81. The molecule has 0 aliphatic carbocycles. The van der Waals surface area contributed by atoms with Crippen LogP contribution in [0.5, 0.6) is 0 Å². The van der Waals surface area contributed by atoms with Gasteiger partial charge in [0.2, 0.25) is 0 Å². The summed E-state index contributed by atoms with van der Waals surface area (Å²) in [6.07, 6.45) is 2.77. The van der Waals surface area contributed by atoms with Crippen molar-refractivity contribution in [3.05, 3.63) is 47.9 Å². The topological polar surface area (TPSA) is 46.9 Å². The normalized spacial score (nSPS) is 10.3. The van der Waals surface area contributed by atoms with Gasteiger partial charge in [-0.05, 0) is 24.6 Å². The van der Waals surface area contributed by atoms with E-state index in [9.17, 15) is 9.18 Å². The number of nitrogens with zero attached hydrogens (tertiary/aromatic N) is 2. The number of benzene rings is 1. The molecule has 1 N–H and O–H groups in total. The zero-order valence-corrected chi connectivity index (χ0v) is 10.1. The molecule has 0 aliphatic rings.